The smallest absolute Gasteiger partial charge is 0.318 e. The molecule has 0 fully saturated rings. The van der Waals surface area contributed by atoms with Crippen molar-refractivity contribution in [3.63, 3.8) is 0 Å². The summed E-state index contributed by atoms with van der Waals surface area (Å²) in [5.74, 6) is -0.459. The van der Waals surface area contributed by atoms with Crippen molar-refractivity contribution in [3.8, 4) is 0 Å². The van der Waals surface area contributed by atoms with E-state index in [0.717, 1.165) is 0 Å². The molecule has 6 nitrogen and oxygen atoms in total. The summed E-state index contributed by atoms with van der Waals surface area (Å²) >= 11 is 0. The predicted molar refractivity (Wildman–Crippen MR) is 51.5 cm³/mol. The highest BCUT2D eigenvalue weighted by Gasteiger charge is 2.13. The van der Waals surface area contributed by atoms with Crippen molar-refractivity contribution < 1.29 is 14.7 Å². The molecule has 0 saturated heterocycles. The third kappa shape index (κ3) is 5.50. The van der Waals surface area contributed by atoms with Gasteiger partial charge < -0.3 is 10.8 Å². The molecule has 0 atom stereocenters. The summed E-state index contributed by atoms with van der Waals surface area (Å²) in [6.07, 6.45) is 0. The number of nitrogens with zero attached hydrogens (tertiary/aromatic N) is 1. The van der Waals surface area contributed by atoms with Crippen molar-refractivity contribution in [1.29, 1.82) is 0 Å². The number of imide groups is 1. The maximum atomic E-state index is 11.1. The number of aliphatic hydroxyl groups excluding tert-OH is 1. The van der Waals surface area contributed by atoms with Gasteiger partial charge in [-0.3, -0.25) is 15.0 Å². The molecule has 0 radical (unpaired) electrons. The van der Waals surface area contributed by atoms with Gasteiger partial charge in [-0.2, -0.15) is 0 Å². The zero-order valence-electron chi connectivity index (χ0n) is 8.49. The summed E-state index contributed by atoms with van der Waals surface area (Å²) in [5, 5.41) is 10.7. The van der Waals surface area contributed by atoms with Crippen LogP contribution < -0.4 is 11.1 Å². The monoisotopic (exact) mass is 203 g/mol. The first-order chi connectivity index (χ1) is 6.47. The van der Waals surface area contributed by atoms with E-state index in [4.69, 9.17) is 10.8 Å². The average Bonchev–Trinajstić information content (AvgIpc) is 2.01. The number of nitrogens with two attached hydrogens (primary N) is 1. The van der Waals surface area contributed by atoms with Crippen LogP contribution in [-0.2, 0) is 4.79 Å². The van der Waals surface area contributed by atoms with Gasteiger partial charge in [-0.05, 0) is 13.8 Å². The standard InChI is InChI=1S/C8H17N3O3/c1-6(2)11(3-4-12)5-7(13)10-8(9)14/h6,12H,3-5H2,1-2H3,(H3,9,10,13,14). The summed E-state index contributed by atoms with van der Waals surface area (Å²) < 4.78 is 0. The highest BCUT2D eigenvalue weighted by atomic mass is 16.3. The maximum Gasteiger partial charge on any atom is 0.318 e. The fourth-order valence-corrected chi connectivity index (χ4v) is 1.01. The molecule has 0 aliphatic heterocycles. The van der Waals surface area contributed by atoms with E-state index in [1.165, 1.54) is 0 Å². The summed E-state index contributed by atoms with van der Waals surface area (Å²) in [7, 11) is 0. The Morgan fingerprint density at radius 3 is 2.43 bits per heavy atom. The Bertz CT molecular complexity index is 206. The Labute approximate surface area is 83.1 Å². The fourth-order valence-electron chi connectivity index (χ4n) is 1.01. The number of hydrogen-bond donors (Lipinski definition) is 3. The van der Waals surface area contributed by atoms with Gasteiger partial charge in [0.05, 0.1) is 13.2 Å². The molecule has 4 N–H and O–H groups in total. The molecule has 0 unspecified atom stereocenters. The van der Waals surface area contributed by atoms with Crippen molar-refractivity contribution in [2.24, 2.45) is 5.73 Å². The zero-order valence-corrected chi connectivity index (χ0v) is 8.49. The van der Waals surface area contributed by atoms with E-state index >= 15 is 0 Å². The van der Waals surface area contributed by atoms with E-state index in [1.54, 1.807) is 4.90 Å². The number of rotatable bonds is 5. The lowest BCUT2D eigenvalue weighted by molar-refractivity contribution is -0.121. The Balaban J connectivity index is 4.02. The molecule has 3 amide bonds. The van der Waals surface area contributed by atoms with Crippen LogP contribution in [0.3, 0.4) is 0 Å². The highest BCUT2D eigenvalue weighted by Crippen LogP contribution is 1.96. The summed E-state index contributed by atoms with van der Waals surface area (Å²) in [4.78, 5) is 23.2. The lowest BCUT2D eigenvalue weighted by Crippen LogP contribution is -2.45. The van der Waals surface area contributed by atoms with Crippen LogP contribution >= 0.6 is 0 Å². The molecule has 0 aliphatic rings. The molecular weight excluding hydrogens is 186 g/mol. The van der Waals surface area contributed by atoms with E-state index < -0.39 is 11.9 Å². The van der Waals surface area contributed by atoms with Gasteiger partial charge in [0, 0.05) is 12.6 Å². The van der Waals surface area contributed by atoms with Crippen molar-refractivity contribution >= 4 is 11.9 Å². The van der Waals surface area contributed by atoms with Crippen molar-refractivity contribution in [2.75, 3.05) is 19.7 Å². The Morgan fingerprint density at radius 1 is 1.50 bits per heavy atom. The number of nitrogens with one attached hydrogen (secondary N) is 1. The lowest BCUT2D eigenvalue weighted by Gasteiger charge is -2.24. The molecule has 0 saturated carbocycles. The van der Waals surface area contributed by atoms with Crippen molar-refractivity contribution in [3.05, 3.63) is 0 Å². The van der Waals surface area contributed by atoms with Crippen LogP contribution in [0.2, 0.25) is 0 Å². The number of carbonyl (C=O) groups excluding carboxylic acids is 2. The molecule has 0 aromatic carbocycles. The highest BCUT2D eigenvalue weighted by molar-refractivity contribution is 5.94. The number of carbonyl (C=O) groups is 2. The average molecular weight is 203 g/mol. The second kappa shape index (κ2) is 6.33. The first-order valence-electron chi connectivity index (χ1n) is 4.41. The van der Waals surface area contributed by atoms with Crippen molar-refractivity contribution in [2.45, 2.75) is 19.9 Å². The number of primary amides is 1. The quantitative estimate of drug-likeness (QED) is 0.527. The molecule has 0 rings (SSSR count). The summed E-state index contributed by atoms with van der Waals surface area (Å²) in [6.45, 7) is 4.22. The minimum Gasteiger partial charge on any atom is -0.395 e. The van der Waals surface area contributed by atoms with Crippen LogP contribution in [0, 0.1) is 0 Å². The Hall–Kier alpha value is -1.14. The normalized spacial score (nSPS) is 10.6. The SMILES string of the molecule is CC(C)N(CCO)CC(=O)NC(N)=O. The third-order valence-electron chi connectivity index (χ3n) is 1.73. The van der Waals surface area contributed by atoms with Gasteiger partial charge in [-0.25, -0.2) is 4.79 Å². The van der Waals surface area contributed by atoms with Gasteiger partial charge in [-0.1, -0.05) is 0 Å². The molecule has 0 aromatic heterocycles. The van der Waals surface area contributed by atoms with E-state index in [2.05, 4.69) is 0 Å². The van der Waals surface area contributed by atoms with Crippen LogP contribution in [0.15, 0.2) is 0 Å². The van der Waals surface area contributed by atoms with Crippen LogP contribution in [0.25, 0.3) is 0 Å². The summed E-state index contributed by atoms with van der Waals surface area (Å²) in [5.41, 5.74) is 4.78. The summed E-state index contributed by atoms with van der Waals surface area (Å²) in [6, 6.07) is -0.733. The minimum absolute atomic E-state index is 0.0258. The van der Waals surface area contributed by atoms with Crippen LogP contribution in [0.5, 0.6) is 0 Å². The largest absolute Gasteiger partial charge is 0.395 e. The fraction of sp³-hybridized carbons (Fsp3) is 0.750. The number of urea groups is 1. The van der Waals surface area contributed by atoms with Crippen LogP contribution in [0.4, 0.5) is 4.79 Å². The molecular formula is C8H17N3O3. The Kier molecular flexibility index (Phi) is 5.82. The van der Waals surface area contributed by atoms with E-state index in [1.807, 2.05) is 19.2 Å². The van der Waals surface area contributed by atoms with Gasteiger partial charge in [0.15, 0.2) is 0 Å². The molecule has 0 aromatic rings. The van der Waals surface area contributed by atoms with Gasteiger partial charge in [-0.15, -0.1) is 0 Å². The predicted octanol–water partition coefficient (Wildman–Crippen LogP) is -1.12. The number of hydrogen-bond acceptors (Lipinski definition) is 4. The molecule has 82 valence electrons. The third-order valence-corrected chi connectivity index (χ3v) is 1.73. The lowest BCUT2D eigenvalue weighted by atomic mass is 10.3. The van der Waals surface area contributed by atoms with E-state index in [9.17, 15) is 9.59 Å². The second-order valence-electron chi connectivity index (χ2n) is 3.20. The van der Waals surface area contributed by atoms with Crippen LogP contribution in [0.1, 0.15) is 13.8 Å². The second-order valence-corrected chi connectivity index (χ2v) is 3.20. The zero-order chi connectivity index (χ0) is 11.1. The first kappa shape index (κ1) is 12.9. The molecule has 0 heterocycles. The topological polar surface area (TPSA) is 95.7 Å². The number of aliphatic hydroxyl groups is 1. The molecule has 0 aliphatic carbocycles. The Morgan fingerprint density at radius 2 is 2.07 bits per heavy atom. The van der Waals surface area contributed by atoms with Gasteiger partial charge in [0.1, 0.15) is 0 Å². The molecule has 6 heteroatoms. The van der Waals surface area contributed by atoms with E-state index in [-0.39, 0.29) is 19.2 Å². The van der Waals surface area contributed by atoms with Gasteiger partial charge in [0.25, 0.3) is 0 Å². The first-order valence-corrected chi connectivity index (χ1v) is 4.41. The molecule has 14 heavy (non-hydrogen) atoms. The maximum absolute atomic E-state index is 11.1. The molecule has 0 bridgehead atoms. The minimum atomic E-state index is -0.859. The van der Waals surface area contributed by atoms with Crippen LogP contribution in [-0.4, -0.2) is 47.7 Å². The number of amides is 3. The van der Waals surface area contributed by atoms with E-state index in [0.29, 0.717) is 6.54 Å². The van der Waals surface area contributed by atoms with Gasteiger partial charge >= 0.3 is 6.03 Å². The van der Waals surface area contributed by atoms with Gasteiger partial charge in [0.2, 0.25) is 5.91 Å². The molecule has 0 spiro atoms. The van der Waals surface area contributed by atoms with Crippen molar-refractivity contribution in [1.82, 2.24) is 10.2 Å².